The molecule has 0 saturated heterocycles. The second kappa shape index (κ2) is 5.88. The maximum Gasteiger partial charge on any atom is 0.123 e. The van der Waals surface area contributed by atoms with Crippen LogP contribution >= 0.6 is 11.6 Å². The lowest BCUT2D eigenvalue weighted by molar-refractivity contribution is 0.551. The molecule has 0 spiro atoms. The minimum absolute atomic E-state index is 0.179. The standard InChI is InChI=1S/C17H18ClN3/c1-12(13-7-3-4-8-14(13)18)19-11-17-20-15-9-5-6-10-16(15)21(17)2/h3-10,12,19H,11H2,1-2H3. The second-order valence-corrected chi connectivity index (χ2v) is 5.61. The van der Waals surface area contributed by atoms with Crippen LogP contribution in [0, 0.1) is 0 Å². The van der Waals surface area contributed by atoms with Crippen molar-refractivity contribution in [2.75, 3.05) is 0 Å². The van der Waals surface area contributed by atoms with Crippen molar-refractivity contribution in [3.63, 3.8) is 0 Å². The van der Waals surface area contributed by atoms with Gasteiger partial charge in [0.1, 0.15) is 5.82 Å². The van der Waals surface area contributed by atoms with Gasteiger partial charge in [0.15, 0.2) is 0 Å². The van der Waals surface area contributed by atoms with Gasteiger partial charge in [0, 0.05) is 18.1 Å². The van der Waals surface area contributed by atoms with Crippen LogP contribution < -0.4 is 5.32 Å². The van der Waals surface area contributed by atoms with E-state index < -0.39 is 0 Å². The van der Waals surface area contributed by atoms with E-state index in [4.69, 9.17) is 11.6 Å². The van der Waals surface area contributed by atoms with Crippen molar-refractivity contribution in [2.24, 2.45) is 7.05 Å². The van der Waals surface area contributed by atoms with Crippen LogP contribution in [0.4, 0.5) is 0 Å². The molecule has 0 aliphatic rings. The summed E-state index contributed by atoms with van der Waals surface area (Å²) in [4.78, 5) is 4.67. The van der Waals surface area contributed by atoms with E-state index in [9.17, 15) is 0 Å². The topological polar surface area (TPSA) is 29.9 Å². The fourth-order valence-electron chi connectivity index (χ4n) is 2.53. The highest BCUT2D eigenvalue weighted by Gasteiger charge is 2.11. The van der Waals surface area contributed by atoms with E-state index >= 15 is 0 Å². The Hall–Kier alpha value is -1.84. The van der Waals surface area contributed by atoms with Crippen LogP contribution in [0.3, 0.4) is 0 Å². The number of halogens is 1. The molecule has 1 unspecified atom stereocenters. The first kappa shape index (κ1) is 14.1. The molecule has 0 saturated carbocycles. The Bertz CT molecular complexity index is 764. The smallest absolute Gasteiger partial charge is 0.123 e. The molecule has 0 amide bonds. The van der Waals surface area contributed by atoms with Crippen molar-refractivity contribution >= 4 is 22.6 Å². The molecule has 1 atom stereocenters. The van der Waals surface area contributed by atoms with Crippen molar-refractivity contribution in [1.82, 2.24) is 14.9 Å². The van der Waals surface area contributed by atoms with E-state index in [1.54, 1.807) is 0 Å². The number of rotatable bonds is 4. The summed E-state index contributed by atoms with van der Waals surface area (Å²) in [5, 5.41) is 4.28. The van der Waals surface area contributed by atoms with Crippen LogP contribution in [0.2, 0.25) is 5.02 Å². The summed E-state index contributed by atoms with van der Waals surface area (Å²) in [7, 11) is 2.05. The fourth-order valence-corrected chi connectivity index (χ4v) is 2.83. The highest BCUT2D eigenvalue weighted by Crippen LogP contribution is 2.22. The number of aryl methyl sites for hydroxylation is 1. The number of nitrogens with one attached hydrogen (secondary N) is 1. The third kappa shape index (κ3) is 2.80. The molecule has 0 aliphatic heterocycles. The Morgan fingerprint density at radius 2 is 1.86 bits per heavy atom. The van der Waals surface area contributed by atoms with Gasteiger partial charge in [-0.3, -0.25) is 0 Å². The maximum absolute atomic E-state index is 6.24. The number of fused-ring (bicyclic) bond motifs is 1. The lowest BCUT2D eigenvalue weighted by Gasteiger charge is -2.15. The zero-order chi connectivity index (χ0) is 14.8. The minimum Gasteiger partial charge on any atom is -0.330 e. The van der Waals surface area contributed by atoms with Gasteiger partial charge in [0.2, 0.25) is 0 Å². The molecule has 1 heterocycles. The molecule has 21 heavy (non-hydrogen) atoms. The van der Waals surface area contributed by atoms with Crippen LogP contribution in [0.15, 0.2) is 48.5 Å². The predicted octanol–water partition coefficient (Wildman–Crippen LogP) is 4.08. The first-order chi connectivity index (χ1) is 10.2. The molecular weight excluding hydrogens is 282 g/mol. The van der Waals surface area contributed by atoms with Crippen molar-refractivity contribution in [2.45, 2.75) is 19.5 Å². The molecule has 3 aromatic rings. The normalized spacial score (nSPS) is 12.7. The van der Waals surface area contributed by atoms with Crippen molar-refractivity contribution in [3.05, 3.63) is 64.9 Å². The quantitative estimate of drug-likeness (QED) is 0.787. The van der Waals surface area contributed by atoms with Crippen LogP contribution in [0.25, 0.3) is 11.0 Å². The molecule has 1 N–H and O–H groups in total. The second-order valence-electron chi connectivity index (χ2n) is 5.20. The molecule has 0 radical (unpaired) electrons. The van der Waals surface area contributed by atoms with Crippen molar-refractivity contribution in [3.8, 4) is 0 Å². The lowest BCUT2D eigenvalue weighted by atomic mass is 10.1. The van der Waals surface area contributed by atoms with Gasteiger partial charge in [-0.2, -0.15) is 0 Å². The Morgan fingerprint density at radius 3 is 2.62 bits per heavy atom. The number of hydrogen-bond donors (Lipinski definition) is 1. The molecular formula is C17H18ClN3. The van der Waals surface area contributed by atoms with E-state index in [0.717, 1.165) is 27.4 Å². The van der Waals surface area contributed by atoms with Crippen molar-refractivity contribution < 1.29 is 0 Å². The Labute approximate surface area is 129 Å². The molecule has 0 bridgehead atoms. The van der Waals surface area contributed by atoms with Crippen molar-refractivity contribution in [1.29, 1.82) is 0 Å². The molecule has 0 aliphatic carbocycles. The summed E-state index contributed by atoms with van der Waals surface area (Å²) in [6.07, 6.45) is 0. The minimum atomic E-state index is 0.179. The Balaban J connectivity index is 1.77. The third-order valence-corrected chi connectivity index (χ3v) is 4.16. The first-order valence-corrected chi connectivity index (χ1v) is 7.43. The third-order valence-electron chi connectivity index (χ3n) is 3.82. The fraction of sp³-hybridized carbons (Fsp3) is 0.235. The summed E-state index contributed by atoms with van der Waals surface area (Å²) in [5.74, 6) is 1.02. The van der Waals surface area contributed by atoms with Crippen LogP contribution in [0.1, 0.15) is 24.4 Å². The molecule has 1 aromatic heterocycles. The average Bonchev–Trinajstić information content (AvgIpc) is 2.82. The van der Waals surface area contributed by atoms with Gasteiger partial charge in [0.05, 0.1) is 17.6 Å². The van der Waals surface area contributed by atoms with E-state index in [1.807, 2.05) is 43.4 Å². The summed E-state index contributed by atoms with van der Waals surface area (Å²) in [6, 6.07) is 16.3. The monoisotopic (exact) mass is 299 g/mol. The summed E-state index contributed by atoms with van der Waals surface area (Å²) in [5.41, 5.74) is 3.29. The first-order valence-electron chi connectivity index (χ1n) is 7.05. The maximum atomic E-state index is 6.24. The number of hydrogen-bond acceptors (Lipinski definition) is 2. The van der Waals surface area contributed by atoms with Crippen LogP contribution in [-0.4, -0.2) is 9.55 Å². The molecule has 3 rings (SSSR count). The zero-order valence-electron chi connectivity index (χ0n) is 12.2. The lowest BCUT2D eigenvalue weighted by Crippen LogP contribution is -2.20. The predicted molar refractivity (Wildman–Crippen MR) is 87.4 cm³/mol. The number of benzene rings is 2. The van der Waals surface area contributed by atoms with Crippen LogP contribution in [-0.2, 0) is 13.6 Å². The molecule has 3 nitrogen and oxygen atoms in total. The van der Waals surface area contributed by atoms with E-state index in [1.165, 1.54) is 0 Å². The van der Waals surface area contributed by atoms with E-state index in [-0.39, 0.29) is 6.04 Å². The highest BCUT2D eigenvalue weighted by molar-refractivity contribution is 6.31. The molecule has 4 heteroatoms. The van der Waals surface area contributed by atoms with Gasteiger partial charge in [0.25, 0.3) is 0 Å². The summed E-state index contributed by atoms with van der Waals surface area (Å²) < 4.78 is 2.13. The average molecular weight is 300 g/mol. The molecule has 0 fully saturated rings. The largest absolute Gasteiger partial charge is 0.330 e. The number of imidazole rings is 1. The van der Waals surface area contributed by atoms with E-state index in [2.05, 4.69) is 33.9 Å². The van der Waals surface area contributed by atoms with E-state index in [0.29, 0.717) is 6.54 Å². The molecule has 108 valence electrons. The Kier molecular flexibility index (Phi) is 3.95. The van der Waals surface area contributed by atoms with Gasteiger partial charge in [-0.25, -0.2) is 4.98 Å². The van der Waals surface area contributed by atoms with Gasteiger partial charge < -0.3 is 9.88 Å². The van der Waals surface area contributed by atoms with Crippen LogP contribution in [0.5, 0.6) is 0 Å². The molecule has 2 aromatic carbocycles. The Morgan fingerprint density at radius 1 is 1.14 bits per heavy atom. The van der Waals surface area contributed by atoms with Gasteiger partial charge in [-0.1, -0.05) is 41.9 Å². The zero-order valence-corrected chi connectivity index (χ0v) is 12.9. The SMILES string of the molecule is CC(NCc1nc2ccccc2n1C)c1ccccc1Cl. The summed E-state index contributed by atoms with van der Waals surface area (Å²) in [6.45, 7) is 2.82. The van der Waals surface area contributed by atoms with Gasteiger partial charge >= 0.3 is 0 Å². The highest BCUT2D eigenvalue weighted by atomic mass is 35.5. The number of para-hydroxylation sites is 2. The van der Waals surface area contributed by atoms with Gasteiger partial charge in [-0.15, -0.1) is 0 Å². The summed E-state index contributed by atoms with van der Waals surface area (Å²) >= 11 is 6.24. The number of nitrogens with zero attached hydrogens (tertiary/aromatic N) is 2. The number of aromatic nitrogens is 2. The van der Waals surface area contributed by atoms with Gasteiger partial charge in [-0.05, 0) is 30.7 Å².